The van der Waals surface area contributed by atoms with Crippen molar-refractivity contribution in [3.63, 3.8) is 0 Å². The van der Waals surface area contributed by atoms with Crippen LogP contribution in [0.5, 0.6) is 0 Å². The monoisotopic (exact) mass is 336 g/mol. The molecule has 0 radical (unpaired) electrons. The highest BCUT2D eigenvalue weighted by atomic mass is 35.5. The maximum absolute atomic E-state index is 12.3. The summed E-state index contributed by atoms with van der Waals surface area (Å²) in [5.74, 6) is -0.425. The quantitative estimate of drug-likeness (QED) is 0.917. The van der Waals surface area contributed by atoms with E-state index in [1.54, 1.807) is 11.0 Å². The van der Waals surface area contributed by atoms with Crippen molar-refractivity contribution in [3.8, 4) is 0 Å². The van der Waals surface area contributed by atoms with Crippen molar-refractivity contribution in [3.05, 3.63) is 28.8 Å². The van der Waals surface area contributed by atoms with Gasteiger partial charge in [-0.2, -0.15) is 0 Å². The second-order valence-electron chi connectivity index (χ2n) is 6.17. The molecule has 0 aliphatic carbocycles. The number of benzene rings is 1. The Labute approximate surface area is 140 Å². The van der Waals surface area contributed by atoms with E-state index in [4.69, 9.17) is 16.3 Å². The summed E-state index contributed by atoms with van der Waals surface area (Å²) in [6, 6.07) is 5.49. The van der Waals surface area contributed by atoms with Gasteiger partial charge in [-0.1, -0.05) is 17.7 Å². The zero-order chi connectivity index (χ0) is 16.4. The Morgan fingerprint density at radius 3 is 3.04 bits per heavy atom. The molecule has 1 aromatic rings. The van der Waals surface area contributed by atoms with Gasteiger partial charge < -0.3 is 15.0 Å². The summed E-state index contributed by atoms with van der Waals surface area (Å²) in [5, 5.41) is 3.54. The zero-order valence-electron chi connectivity index (χ0n) is 13.2. The van der Waals surface area contributed by atoms with Gasteiger partial charge in [-0.15, -0.1) is 0 Å². The zero-order valence-corrected chi connectivity index (χ0v) is 13.9. The number of ether oxygens (including phenoxy) is 1. The van der Waals surface area contributed by atoms with Gasteiger partial charge in [0.05, 0.1) is 12.0 Å². The SMILES string of the molecule is Cc1c(Cl)cccc1N1C[C@@H](C(=O)NC[C@@H]2CCCO2)CC1=O. The lowest BCUT2D eigenvalue weighted by Crippen LogP contribution is -2.37. The molecule has 2 saturated heterocycles. The standard InChI is InChI=1S/C17H21ClN2O3/c1-11-14(18)5-2-6-15(11)20-10-12(8-16(20)21)17(22)19-9-13-4-3-7-23-13/h2,5-6,12-13H,3-4,7-10H2,1H3,(H,19,22)/t12-,13-/m0/s1. The van der Waals surface area contributed by atoms with Gasteiger partial charge in [-0.05, 0) is 37.5 Å². The molecule has 0 saturated carbocycles. The average molecular weight is 337 g/mol. The molecule has 0 unspecified atom stereocenters. The van der Waals surface area contributed by atoms with E-state index in [9.17, 15) is 9.59 Å². The van der Waals surface area contributed by atoms with Crippen molar-refractivity contribution in [1.82, 2.24) is 5.32 Å². The van der Waals surface area contributed by atoms with Gasteiger partial charge >= 0.3 is 0 Å². The molecule has 6 heteroatoms. The molecular weight excluding hydrogens is 316 g/mol. The Bertz CT molecular complexity index is 614. The van der Waals surface area contributed by atoms with Gasteiger partial charge in [-0.25, -0.2) is 0 Å². The Hall–Kier alpha value is -1.59. The normalized spacial score (nSPS) is 24.3. The second-order valence-corrected chi connectivity index (χ2v) is 6.58. The molecule has 0 bridgehead atoms. The number of nitrogens with one attached hydrogen (secondary N) is 1. The molecule has 2 aliphatic heterocycles. The highest BCUT2D eigenvalue weighted by Gasteiger charge is 2.36. The lowest BCUT2D eigenvalue weighted by atomic mass is 10.1. The molecule has 5 nitrogen and oxygen atoms in total. The van der Waals surface area contributed by atoms with Crippen LogP contribution in [0.3, 0.4) is 0 Å². The van der Waals surface area contributed by atoms with Crippen molar-refractivity contribution in [2.45, 2.75) is 32.3 Å². The summed E-state index contributed by atoms with van der Waals surface area (Å²) in [5.41, 5.74) is 1.65. The molecule has 2 fully saturated rings. The van der Waals surface area contributed by atoms with Crippen LogP contribution in [0, 0.1) is 12.8 Å². The van der Waals surface area contributed by atoms with E-state index in [0.717, 1.165) is 30.7 Å². The third-order valence-corrected chi connectivity index (χ3v) is 4.96. The number of rotatable bonds is 4. The maximum Gasteiger partial charge on any atom is 0.227 e. The molecule has 1 aromatic carbocycles. The molecule has 0 aromatic heterocycles. The first-order valence-corrected chi connectivity index (χ1v) is 8.39. The van der Waals surface area contributed by atoms with Crippen LogP contribution >= 0.6 is 11.6 Å². The van der Waals surface area contributed by atoms with Crippen molar-refractivity contribution in [1.29, 1.82) is 0 Å². The fourth-order valence-electron chi connectivity index (χ4n) is 3.17. The predicted molar refractivity (Wildman–Crippen MR) is 88.6 cm³/mol. The Kier molecular flexibility index (Phi) is 4.87. The summed E-state index contributed by atoms with van der Waals surface area (Å²) in [6.07, 6.45) is 2.38. The highest BCUT2D eigenvalue weighted by molar-refractivity contribution is 6.31. The Balaban J connectivity index is 1.62. The third kappa shape index (κ3) is 3.51. The second kappa shape index (κ2) is 6.89. The number of halogens is 1. The summed E-state index contributed by atoms with van der Waals surface area (Å²) in [4.78, 5) is 26.3. The fourth-order valence-corrected chi connectivity index (χ4v) is 3.34. The van der Waals surface area contributed by atoms with Crippen molar-refractivity contribution < 1.29 is 14.3 Å². The van der Waals surface area contributed by atoms with Crippen molar-refractivity contribution in [2.24, 2.45) is 5.92 Å². The van der Waals surface area contributed by atoms with Gasteiger partial charge in [0.2, 0.25) is 11.8 Å². The lowest BCUT2D eigenvalue weighted by Gasteiger charge is -2.20. The molecule has 124 valence electrons. The van der Waals surface area contributed by atoms with Gasteiger partial charge in [0.25, 0.3) is 0 Å². The first-order chi connectivity index (χ1) is 11.1. The van der Waals surface area contributed by atoms with Crippen LogP contribution in [0.25, 0.3) is 0 Å². The number of nitrogens with zero attached hydrogens (tertiary/aromatic N) is 1. The predicted octanol–water partition coefficient (Wildman–Crippen LogP) is 2.30. The van der Waals surface area contributed by atoms with E-state index < -0.39 is 0 Å². The third-order valence-electron chi connectivity index (χ3n) is 4.55. The van der Waals surface area contributed by atoms with E-state index in [1.807, 2.05) is 19.1 Å². The van der Waals surface area contributed by atoms with E-state index in [1.165, 1.54) is 0 Å². The van der Waals surface area contributed by atoms with E-state index >= 15 is 0 Å². The lowest BCUT2D eigenvalue weighted by molar-refractivity contribution is -0.126. The summed E-state index contributed by atoms with van der Waals surface area (Å²) >= 11 is 6.13. The van der Waals surface area contributed by atoms with Gasteiger partial charge in [0.1, 0.15) is 0 Å². The fraction of sp³-hybridized carbons (Fsp3) is 0.529. The Morgan fingerprint density at radius 2 is 2.30 bits per heavy atom. The average Bonchev–Trinajstić information content (AvgIpc) is 3.17. The molecule has 2 amide bonds. The number of carbonyl (C=O) groups is 2. The first-order valence-electron chi connectivity index (χ1n) is 8.01. The number of hydrogen-bond acceptors (Lipinski definition) is 3. The molecule has 23 heavy (non-hydrogen) atoms. The minimum Gasteiger partial charge on any atom is -0.376 e. The number of hydrogen-bond donors (Lipinski definition) is 1. The van der Waals surface area contributed by atoms with E-state index in [-0.39, 0.29) is 30.3 Å². The molecule has 3 rings (SSSR count). The molecule has 2 atom stereocenters. The van der Waals surface area contributed by atoms with Crippen molar-refractivity contribution in [2.75, 3.05) is 24.6 Å². The van der Waals surface area contributed by atoms with Gasteiger partial charge in [0.15, 0.2) is 0 Å². The molecule has 0 spiro atoms. The summed E-state index contributed by atoms with van der Waals surface area (Å²) < 4.78 is 5.50. The van der Waals surface area contributed by atoms with Crippen molar-refractivity contribution >= 4 is 29.1 Å². The maximum atomic E-state index is 12.3. The molecule has 2 heterocycles. The van der Waals surface area contributed by atoms with Crippen LogP contribution in [0.1, 0.15) is 24.8 Å². The first kappa shape index (κ1) is 16.3. The van der Waals surface area contributed by atoms with Crippen LogP contribution in [-0.2, 0) is 14.3 Å². The minimum atomic E-state index is -0.317. The van der Waals surface area contributed by atoms with Gasteiger partial charge in [0, 0.05) is 36.8 Å². The smallest absolute Gasteiger partial charge is 0.227 e. The summed E-state index contributed by atoms with van der Waals surface area (Å²) in [6.45, 7) is 3.58. The highest BCUT2D eigenvalue weighted by Crippen LogP contribution is 2.31. The topological polar surface area (TPSA) is 58.6 Å². The van der Waals surface area contributed by atoms with Gasteiger partial charge in [-0.3, -0.25) is 9.59 Å². The Morgan fingerprint density at radius 1 is 1.48 bits per heavy atom. The minimum absolute atomic E-state index is 0.0346. The van der Waals surface area contributed by atoms with Crippen LogP contribution in [0.2, 0.25) is 5.02 Å². The van der Waals surface area contributed by atoms with Crippen LogP contribution < -0.4 is 10.2 Å². The van der Waals surface area contributed by atoms with Crippen LogP contribution in [0.15, 0.2) is 18.2 Å². The van der Waals surface area contributed by atoms with E-state index in [0.29, 0.717) is 18.1 Å². The largest absolute Gasteiger partial charge is 0.376 e. The summed E-state index contributed by atoms with van der Waals surface area (Å²) in [7, 11) is 0. The van der Waals surface area contributed by atoms with Crippen LogP contribution in [0.4, 0.5) is 5.69 Å². The number of anilines is 1. The molecule has 1 N–H and O–H groups in total. The van der Waals surface area contributed by atoms with E-state index in [2.05, 4.69) is 5.32 Å². The number of amides is 2. The van der Waals surface area contributed by atoms with Crippen LogP contribution in [-0.4, -0.2) is 37.6 Å². The number of carbonyl (C=O) groups excluding carboxylic acids is 2. The molecular formula is C17H21ClN2O3. The molecule has 2 aliphatic rings.